The Labute approximate surface area is 156 Å². The molecule has 1 fully saturated rings. The summed E-state index contributed by atoms with van der Waals surface area (Å²) in [5.41, 5.74) is 0.0458. The SMILES string of the molecule is O=C(CCc1ccco1)NC1CCN(Cc2cccc(C(F)(F)F)c2)CC1. The molecule has 3 rings (SSSR count). The van der Waals surface area contributed by atoms with Gasteiger partial charge in [0.2, 0.25) is 5.91 Å². The summed E-state index contributed by atoms with van der Waals surface area (Å²) in [7, 11) is 0. The highest BCUT2D eigenvalue weighted by Crippen LogP contribution is 2.30. The third kappa shape index (κ3) is 5.85. The van der Waals surface area contributed by atoms with Crippen molar-refractivity contribution in [2.75, 3.05) is 13.1 Å². The Balaban J connectivity index is 1.42. The van der Waals surface area contributed by atoms with Gasteiger partial charge < -0.3 is 9.73 Å². The lowest BCUT2D eigenvalue weighted by molar-refractivity contribution is -0.137. The smallest absolute Gasteiger partial charge is 0.416 e. The number of halogens is 3. The first-order valence-corrected chi connectivity index (χ1v) is 9.10. The largest absolute Gasteiger partial charge is 0.469 e. The maximum Gasteiger partial charge on any atom is 0.416 e. The summed E-state index contributed by atoms with van der Waals surface area (Å²) in [5, 5.41) is 3.04. The molecule has 1 aliphatic rings. The van der Waals surface area contributed by atoms with Crippen LogP contribution in [0.25, 0.3) is 0 Å². The van der Waals surface area contributed by atoms with Gasteiger partial charge in [-0.1, -0.05) is 18.2 Å². The molecule has 1 N–H and O–H groups in total. The predicted molar refractivity (Wildman–Crippen MR) is 94.9 cm³/mol. The zero-order chi connectivity index (χ0) is 19.3. The summed E-state index contributed by atoms with van der Waals surface area (Å²) in [5.74, 6) is 0.795. The fourth-order valence-electron chi connectivity index (χ4n) is 3.33. The van der Waals surface area contributed by atoms with Crippen molar-refractivity contribution in [3.63, 3.8) is 0 Å². The average Bonchev–Trinajstić information content (AvgIpc) is 3.15. The summed E-state index contributed by atoms with van der Waals surface area (Å²) in [6.07, 6.45) is -0.168. The maximum atomic E-state index is 12.8. The zero-order valence-corrected chi connectivity index (χ0v) is 15.0. The van der Waals surface area contributed by atoms with Gasteiger partial charge in [-0.15, -0.1) is 0 Å². The number of piperidine rings is 1. The normalized spacial score (nSPS) is 16.4. The Morgan fingerprint density at radius 2 is 1.96 bits per heavy atom. The van der Waals surface area contributed by atoms with Crippen LogP contribution in [0, 0.1) is 0 Å². The topological polar surface area (TPSA) is 45.5 Å². The van der Waals surface area contributed by atoms with E-state index in [0.29, 0.717) is 24.9 Å². The Bertz CT molecular complexity index is 736. The molecular formula is C20H23F3N2O2. The molecule has 0 spiro atoms. The number of rotatable bonds is 6. The number of hydrogen-bond acceptors (Lipinski definition) is 3. The summed E-state index contributed by atoms with van der Waals surface area (Å²) in [4.78, 5) is 14.2. The highest BCUT2D eigenvalue weighted by molar-refractivity contribution is 5.76. The Kier molecular flexibility index (Phi) is 6.21. The second-order valence-electron chi connectivity index (χ2n) is 6.90. The van der Waals surface area contributed by atoms with E-state index >= 15 is 0 Å². The highest BCUT2D eigenvalue weighted by atomic mass is 19.4. The lowest BCUT2D eigenvalue weighted by Crippen LogP contribution is -2.44. The van der Waals surface area contributed by atoms with E-state index < -0.39 is 11.7 Å². The van der Waals surface area contributed by atoms with Gasteiger partial charge in [-0.05, 0) is 36.6 Å². The third-order valence-corrected chi connectivity index (χ3v) is 4.79. The number of hydrogen-bond donors (Lipinski definition) is 1. The average molecular weight is 380 g/mol. The number of carbonyl (C=O) groups excluding carboxylic acids is 1. The van der Waals surface area contributed by atoms with Crippen molar-refractivity contribution in [2.45, 2.75) is 44.4 Å². The van der Waals surface area contributed by atoms with E-state index in [0.717, 1.165) is 37.8 Å². The second-order valence-corrected chi connectivity index (χ2v) is 6.90. The molecule has 0 aliphatic carbocycles. The van der Waals surface area contributed by atoms with Gasteiger partial charge in [0.15, 0.2) is 0 Å². The number of likely N-dealkylation sites (tertiary alicyclic amines) is 1. The van der Waals surface area contributed by atoms with E-state index in [1.54, 1.807) is 18.4 Å². The van der Waals surface area contributed by atoms with Crippen molar-refractivity contribution < 1.29 is 22.4 Å². The molecule has 1 amide bonds. The van der Waals surface area contributed by atoms with Crippen LogP contribution >= 0.6 is 0 Å². The molecule has 146 valence electrons. The van der Waals surface area contributed by atoms with Crippen molar-refractivity contribution >= 4 is 5.91 Å². The molecule has 27 heavy (non-hydrogen) atoms. The highest BCUT2D eigenvalue weighted by Gasteiger charge is 2.30. The van der Waals surface area contributed by atoms with E-state index in [4.69, 9.17) is 4.42 Å². The molecule has 2 aromatic rings. The lowest BCUT2D eigenvalue weighted by Gasteiger charge is -2.32. The van der Waals surface area contributed by atoms with E-state index in [2.05, 4.69) is 10.2 Å². The molecule has 4 nitrogen and oxygen atoms in total. The number of carbonyl (C=O) groups is 1. The zero-order valence-electron chi connectivity index (χ0n) is 15.0. The van der Waals surface area contributed by atoms with Gasteiger partial charge in [0, 0.05) is 38.5 Å². The van der Waals surface area contributed by atoms with Gasteiger partial charge in [0.1, 0.15) is 5.76 Å². The van der Waals surface area contributed by atoms with Crippen LogP contribution in [-0.4, -0.2) is 29.9 Å². The number of amides is 1. The number of furan rings is 1. The quantitative estimate of drug-likeness (QED) is 0.824. The fourth-order valence-corrected chi connectivity index (χ4v) is 3.33. The van der Waals surface area contributed by atoms with Crippen LogP contribution in [0.15, 0.2) is 47.1 Å². The minimum Gasteiger partial charge on any atom is -0.469 e. The fraction of sp³-hybridized carbons (Fsp3) is 0.450. The van der Waals surface area contributed by atoms with Crippen LogP contribution < -0.4 is 5.32 Å². The molecular weight excluding hydrogens is 357 g/mol. The molecule has 1 saturated heterocycles. The number of benzene rings is 1. The molecule has 1 aromatic carbocycles. The summed E-state index contributed by atoms with van der Waals surface area (Å²) in [6, 6.07) is 9.23. The van der Waals surface area contributed by atoms with E-state index in [9.17, 15) is 18.0 Å². The van der Waals surface area contributed by atoms with Gasteiger partial charge in [0.05, 0.1) is 11.8 Å². The van der Waals surface area contributed by atoms with Gasteiger partial charge >= 0.3 is 6.18 Å². The molecule has 2 heterocycles. The van der Waals surface area contributed by atoms with Crippen molar-refractivity contribution in [1.82, 2.24) is 10.2 Å². The standard InChI is InChI=1S/C20H23F3N2O2/c21-20(22,23)16-4-1-3-15(13-16)14-25-10-8-17(9-11-25)24-19(26)7-6-18-5-2-12-27-18/h1-5,12-13,17H,6-11,14H2,(H,24,26). The molecule has 0 radical (unpaired) electrons. The number of nitrogens with one attached hydrogen (secondary N) is 1. The molecule has 0 unspecified atom stereocenters. The van der Waals surface area contributed by atoms with Gasteiger partial charge in [-0.2, -0.15) is 13.2 Å². The van der Waals surface area contributed by atoms with Crippen LogP contribution in [-0.2, 0) is 23.9 Å². The number of aryl methyl sites for hydroxylation is 1. The molecule has 0 atom stereocenters. The first kappa shape index (κ1) is 19.5. The first-order valence-electron chi connectivity index (χ1n) is 9.10. The third-order valence-electron chi connectivity index (χ3n) is 4.79. The molecule has 1 aliphatic heterocycles. The molecule has 1 aromatic heterocycles. The summed E-state index contributed by atoms with van der Waals surface area (Å²) >= 11 is 0. The summed E-state index contributed by atoms with van der Waals surface area (Å²) < 4.78 is 43.7. The molecule has 0 saturated carbocycles. The maximum absolute atomic E-state index is 12.8. The minimum atomic E-state index is -4.32. The van der Waals surface area contributed by atoms with Crippen LogP contribution in [0.5, 0.6) is 0 Å². The predicted octanol–water partition coefficient (Wildman–Crippen LogP) is 4.01. The van der Waals surface area contributed by atoms with Crippen LogP contribution in [0.3, 0.4) is 0 Å². The molecule has 7 heteroatoms. The van der Waals surface area contributed by atoms with E-state index in [1.165, 1.54) is 12.1 Å². The van der Waals surface area contributed by atoms with Crippen molar-refractivity contribution in [3.8, 4) is 0 Å². The van der Waals surface area contributed by atoms with Crippen molar-refractivity contribution in [1.29, 1.82) is 0 Å². The van der Waals surface area contributed by atoms with Crippen molar-refractivity contribution in [3.05, 3.63) is 59.5 Å². The minimum absolute atomic E-state index is 0.00253. The van der Waals surface area contributed by atoms with Gasteiger partial charge in [0.25, 0.3) is 0 Å². The van der Waals surface area contributed by atoms with Crippen LogP contribution in [0.1, 0.15) is 36.1 Å². The van der Waals surface area contributed by atoms with Crippen molar-refractivity contribution in [2.24, 2.45) is 0 Å². The lowest BCUT2D eigenvalue weighted by atomic mass is 10.0. The van der Waals surface area contributed by atoms with E-state index in [1.807, 2.05) is 6.07 Å². The Hall–Kier alpha value is -2.28. The van der Waals surface area contributed by atoms with E-state index in [-0.39, 0.29) is 11.9 Å². The van der Waals surface area contributed by atoms with Crippen LogP contribution in [0.4, 0.5) is 13.2 Å². The molecule has 0 bridgehead atoms. The van der Waals surface area contributed by atoms with Gasteiger partial charge in [-0.3, -0.25) is 9.69 Å². The van der Waals surface area contributed by atoms with Gasteiger partial charge in [-0.25, -0.2) is 0 Å². The van der Waals surface area contributed by atoms with Crippen LogP contribution in [0.2, 0.25) is 0 Å². The number of nitrogens with zero attached hydrogens (tertiary/aromatic N) is 1. The first-order chi connectivity index (χ1) is 12.9. The summed E-state index contributed by atoms with van der Waals surface area (Å²) in [6.45, 7) is 1.99. The Morgan fingerprint density at radius 3 is 2.63 bits per heavy atom. The number of alkyl halides is 3. The second kappa shape index (κ2) is 8.61. The monoisotopic (exact) mass is 380 g/mol. The Morgan fingerprint density at radius 1 is 1.19 bits per heavy atom.